The van der Waals surface area contributed by atoms with Crippen LogP contribution in [0.1, 0.15) is 22.3 Å². The molecule has 2 aromatic carbocycles. The summed E-state index contributed by atoms with van der Waals surface area (Å²) >= 11 is 0. The summed E-state index contributed by atoms with van der Waals surface area (Å²) in [4.78, 5) is 36.3. The van der Waals surface area contributed by atoms with Crippen LogP contribution in [0.3, 0.4) is 0 Å². The van der Waals surface area contributed by atoms with Gasteiger partial charge in [0.1, 0.15) is 11.9 Å². The molecular weight excluding hydrogens is 351 g/mol. The van der Waals surface area contributed by atoms with E-state index in [1.54, 1.807) is 0 Å². The van der Waals surface area contributed by atoms with E-state index in [1.807, 2.05) is 24.3 Å². The monoisotopic (exact) mass is 368 g/mol. The number of benzene rings is 2. The topological polar surface area (TPSA) is 113 Å². The summed E-state index contributed by atoms with van der Waals surface area (Å²) < 4.78 is 14.1. The molecule has 2 aliphatic rings. The molecule has 2 aromatic rings. The first-order valence-electron chi connectivity index (χ1n) is 8.45. The number of hydrogen-bond acceptors (Lipinski definition) is 4. The summed E-state index contributed by atoms with van der Waals surface area (Å²) in [6.07, 6.45) is 0.267. The number of primary amides is 1. The zero-order chi connectivity index (χ0) is 19.2. The molecule has 2 heterocycles. The number of nitrogens with one attached hydrogen (secondary N) is 3. The van der Waals surface area contributed by atoms with Gasteiger partial charge in [-0.25, -0.2) is 4.39 Å². The van der Waals surface area contributed by atoms with E-state index in [1.165, 1.54) is 12.1 Å². The van der Waals surface area contributed by atoms with Crippen molar-refractivity contribution in [2.75, 3.05) is 17.2 Å². The summed E-state index contributed by atoms with van der Waals surface area (Å²) in [5, 5.41) is 8.38. The van der Waals surface area contributed by atoms with Gasteiger partial charge in [-0.3, -0.25) is 14.4 Å². The van der Waals surface area contributed by atoms with Crippen molar-refractivity contribution >= 4 is 29.1 Å². The first-order chi connectivity index (χ1) is 12.9. The van der Waals surface area contributed by atoms with Gasteiger partial charge in [0, 0.05) is 17.8 Å². The predicted molar refractivity (Wildman–Crippen MR) is 96.7 cm³/mol. The second-order valence-electron chi connectivity index (χ2n) is 6.76. The molecule has 2 aliphatic heterocycles. The molecule has 0 aliphatic carbocycles. The van der Waals surface area contributed by atoms with Gasteiger partial charge in [-0.1, -0.05) is 18.2 Å². The minimum absolute atomic E-state index is 0.00672. The van der Waals surface area contributed by atoms with Crippen LogP contribution in [0, 0.1) is 5.82 Å². The maximum atomic E-state index is 14.1. The minimum Gasteiger partial charge on any atom is -0.383 e. The predicted octanol–water partition coefficient (Wildman–Crippen LogP) is 1.12. The fourth-order valence-electron chi connectivity index (χ4n) is 3.72. The molecule has 1 saturated heterocycles. The lowest BCUT2D eigenvalue weighted by atomic mass is 9.79. The largest absolute Gasteiger partial charge is 0.383 e. The van der Waals surface area contributed by atoms with Crippen molar-refractivity contribution < 1.29 is 18.8 Å². The first-order valence-corrected chi connectivity index (χ1v) is 8.45. The zero-order valence-electron chi connectivity index (χ0n) is 14.2. The van der Waals surface area contributed by atoms with E-state index in [2.05, 4.69) is 16.0 Å². The van der Waals surface area contributed by atoms with E-state index in [4.69, 9.17) is 5.73 Å². The van der Waals surface area contributed by atoms with Crippen LogP contribution in [-0.2, 0) is 15.0 Å². The molecule has 7 nitrogen and oxygen atoms in total. The molecule has 0 saturated carbocycles. The summed E-state index contributed by atoms with van der Waals surface area (Å²) in [5.41, 5.74) is 5.96. The van der Waals surface area contributed by atoms with Crippen LogP contribution in [0.2, 0.25) is 0 Å². The second-order valence-corrected chi connectivity index (χ2v) is 6.76. The number of hydrogen-bond donors (Lipinski definition) is 4. The quantitative estimate of drug-likeness (QED) is 0.650. The van der Waals surface area contributed by atoms with Gasteiger partial charge in [-0.15, -0.1) is 0 Å². The normalized spacial score (nSPS) is 22.9. The van der Waals surface area contributed by atoms with Crippen LogP contribution in [0.25, 0.3) is 0 Å². The Labute approximate surface area is 154 Å². The average Bonchev–Trinajstić information content (AvgIpc) is 3.19. The maximum absolute atomic E-state index is 14.1. The van der Waals surface area contributed by atoms with Gasteiger partial charge in [-0.2, -0.15) is 0 Å². The van der Waals surface area contributed by atoms with E-state index in [-0.39, 0.29) is 23.6 Å². The van der Waals surface area contributed by atoms with E-state index in [0.717, 1.165) is 17.3 Å². The summed E-state index contributed by atoms with van der Waals surface area (Å²) in [5.74, 6) is -2.28. The lowest BCUT2D eigenvalue weighted by Crippen LogP contribution is -2.39. The number of fused-ring (bicyclic) bond motifs is 2. The van der Waals surface area contributed by atoms with Crippen LogP contribution in [0.4, 0.5) is 15.8 Å². The Hall–Kier alpha value is -3.42. The van der Waals surface area contributed by atoms with Crippen molar-refractivity contribution in [1.29, 1.82) is 0 Å². The Balaban J connectivity index is 1.53. The molecule has 138 valence electrons. The van der Waals surface area contributed by atoms with Crippen molar-refractivity contribution in [3.8, 4) is 0 Å². The Kier molecular flexibility index (Phi) is 3.83. The van der Waals surface area contributed by atoms with Crippen LogP contribution in [0.5, 0.6) is 0 Å². The fourth-order valence-corrected chi connectivity index (χ4v) is 3.72. The molecule has 2 atom stereocenters. The number of amides is 3. The Bertz CT molecular complexity index is 977. The van der Waals surface area contributed by atoms with E-state index >= 15 is 0 Å². The Morgan fingerprint density at radius 3 is 2.74 bits per heavy atom. The van der Waals surface area contributed by atoms with Crippen molar-refractivity contribution in [3.05, 3.63) is 59.4 Å². The third kappa shape index (κ3) is 2.69. The van der Waals surface area contributed by atoms with Gasteiger partial charge >= 0.3 is 0 Å². The number of nitrogens with two attached hydrogens (primary N) is 1. The lowest BCUT2D eigenvalue weighted by molar-refractivity contribution is -0.125. The summed E-state index contributed by atoms with van der Waals surface area (Å²) in [7, 11) is 0. The summed E-state index contributed by atoms with van der Waals surface area (Å²) in [6, 6.07) is 10.3. The van der Waals surface area contributed by atoms with Crippen LogP contribution in [-0.4, -0.2) is 30.3 Å². The molecule has 27 heavy (non-hydrogen) atoms. The Morgan fingerprint density at radius 1 is 1.22 bits per heavy atom. The standard InChI is InChI=1S/C19H17FN4O3/c20-12-7-10(16(21)25)5-6-14(12)23-17(26)15-8-19(18(27)24-15)9-22-13-4-2-1-3-11(13)19/h1-7,15,22H,8-9H2,(H2,21,25)(H,23,26)(H,24,27). The molecule has 2 unspecified atom stereocenters. The van der Waals surface area contributed by atoms with Gasteiger partial charge in [0.25, 0.3) is 0 Å². The van der Waals surface area contributed by atoms with Gasteiger partial charge < -0.3 is 21.7 Å². The third-order valence-corrected chi connectivity index (χ3v) is 5.14. The van der Waals surface area contributed by atoms with Crippen molar-refractivity contribution in [1.82, 2.24) is 5.32 Å². The van der Waals surface area contributed by atoms with Crippen molar-refractivity contribution in [2.24, 2.45) is 5.73 Å². The molecule has 1 spiro atoms. The Morgan fingerprint density at radius 2 is 2.00 bits per heavy atom. The minimum atomic E-state index is -0.813. The highest BCUT2D eigenvalue weighted by atomic mass is 19.1. The maximum Gasteiger partial charge on any atom is 0.248 e. The van der Waals surface area contributed by atoms with Crippen LogP contribution in [0.15, 0.2) is 42.5 Å². The number of carbonyl (C=O) groups excluding carboxylic acids is 3. The van der Waals surface area contributed by atoms with Gasteiger partial charge in [0.05, 0.1) is 11.1 Å². The zero-order valence-corrected chi connectivity index (χ0v) is 14.2. The van der Waals surface area contributed by atoms with E-state index < -0.39 is 29.1 Å². The third-order valence-electron chi connectivity index (χ3n) is 5.14. The molecule has 0 aromatic heterocycles. The van der Waals surface area contributed by atoms with Crippen LogP contribution >= 0.6 is 0 Å². The number of rotatable bonds is 3. The highest BCUT2D eigenvalue weighted by Gasteiger charge is 2.53. The molecule has 3 amide bonds. The fraction of sp³-hybridized carbons (Fsp3) is 0.211. The summed E-state index contributed by atoms with van der Waals surface area (Å²) in [6.45, 7) is 0.406. The van der Waals surface area contributed by atoms with Gasteiger partial charge in [0.15, 0.2) is 0 Å². The number of para-hydroxylation sites is 1. The number of carbonyl (C=O) groups is 3. The smallest absolute Gasteiger partial charge is 0.248 e. The lowest BCUT2D eigenvalue weighted by Gasteiger charge is -2.19. The molecule has 4 rings (SSSR count). The first kappa shape index (κ1) is 17.0. The molecule has 8 heteroatoms. The molecule has 0 radical (unpaired) electrons. The molecular formula is C19H17FN4O3. The van der Waals surface area contributed by atoms with Crippen molar-refractivity contribution in [3.63, 3.8) is 0 Å². The highest BCUT2D eigenvalue weighted by molar-refractivity contribution is 6.04. The highest BCUT2D eigenvalue weighted by Crippen LogP contribution is 2.43. The van der Waals surface area contributed by atoms with Gasteiger partial charge in [0.2, 0.25) is 17.7 Å². The van der Waals surface area contributed by atoms with Gasteiger partial charge in [-0.05, 0) is 36.2 Å². The average molecular weight is 368 g/mol. The second kappa shape index (κ2) is 6.08. The molecule has 0 bridgehead atoms. The van der Waals surface area contributed by atoms with Crippen LogP contribution < -0.4 is 21.7 Å². The van der Waals surface area contributed by atoms with Crippen molar-refractivity contribution in [2.45, 2.75) is 17.9 Å². The number of anilines is 2. The molecule has 1 fully saturated rings. The molecule has 5 N–H and O–H groups in total. The van der Waals surface area contributed by atoms with E-state index in [0.29, 0.717) is 6.54 Å². The SMILES string of the molecule is NC(=O)c1ccc(NC(=O)C2CC3(CNc4ccccc43)C(=O)N2)c(F)c1. The van der Waals surface area contributed by atoms with E-state index in [9.17, 15) is 18.8 Å². The number of halogens is 1.